The molecule has 0 atom stereocenters. The Bertz CT molecular complexity index is 1360. The number of carbonyl (C=O) groups excluding carboxylic acids is 2. The van der Waals surface area contributed by atoms with E-state index >= 15 is 0 Å². The molecule has 0 radical (unpaired) electrons. The molecule has 186 valence electrons. The number of amides is 1. The van der Waals surface area contributed by atoms with Crippen molar-refractivity contribution in [1.29, 1.82) is 0 Å². The van der Waals surface area contributed by atoms with E-state index in [9.17, 15) is 19.7 Å². The number of hydrazine groups is 1. The summed E-state index contributed by atoms with van der Waals surface area (Å²) >= 11 is 0. The molecule has 37 heavy (non-hydrogen) atoms. The Morgan fingerprint density at radius 1 is 0.865 bits per heavy atom. The van der Waals surface area contributed by atoms with Crippen LogP contribution in [0.1, 0.15) is 27.4 Å². The Balaban J connectivity index is 1.56. The van der Waals surface area contributed by atoms with E-state index in [2.05, 4.69) is 30.9 Å². The lowest BCUT2D eigenvalue weighted by atomic mass is 9.91. The minimum atomic E-state index is -0.665. The van der Waals surface area contributed by atoms with Gasteiger partial charge in [-0.05, 0) is 35.4 Å². The maximum absolute atomic E-state index is 13.2. The Morgan fingerprint density at radius 3 is 1.97 bits per heavy atom. The molecular formula is C26H22N6O5. The molecule has 0 unspecified atom stereocenters. The third kappa shape index (κ3) is 5.85. The fraction of sp³-hybridized carbons (Fsp3) is 0.0769. The summed E-state index contributed by atoms with van der Waals surface area (Å²) in [6.45, 7) is 0. The lowest BCUT2D eigenvalue weighted by Gasteiger charge is -2.18. The average Bonchev–Trinajstić information content (AvgIpc) is 2.93. The number of nitrogens with zero attached hydrogens (tertiary/aromatic N) is 3. The quantitative estimate of drug-likeness (QED) is 0.175. The lowest BCUT2D eigenvalue weighted by molar-refractivity contribution is -0.383. The van der Waals surface area contributed by atoms with Crippen LogP contribution >= 0.6 is 0 Å². The Morgan fingerprint density at radius 2 is 1.43 bits per heavy atom. The standard InChI is InChI=1S/C26H22N6O5/c1-37-26(34)19-12-14-20(15-13-19)29-23-22(32(35)36)24(28-16-27-23)30-31-25(33)21(17-8-4-2-5-9-17)18-10-6-3-7-11-18/h2-16,21H,1H3,(H,31,33)(H2,27,28,29,30). The van der Waals surface area contributed by atoms with Gasteiger partial charge in [0.1, 0.15) is 6.33 Å². The zero-order valence-electron chi connectivity index (χ0n) is 19.6. The molecule has 0 aliphatic carbocycles. The van der Waals surface area contributed by atoms with E-state index in [1.807, 2.05) is 60.7 Å². The molecule has 0 saturated heterocycles. The lowest BCUT2D eigenvalue weighted by Crippen LogP contribution is -2.35. The molecule has 3 aromatic carbocycles. The maximum Gasteiger partial charge on any atom is 0.355 e. The number of benzene rings is 3. The fourth-order valence-corrected chi connectivity index (χ4v) is 3.66. The zero-order chi connectivity index (χ0) is 26.2. The van der Waals surface area contributed by atoms with Gasteiger partial charge in [-0.1, -0.05) is 60.7 Å². The summed E-state index contributed by atoms with van der Waals surface area (Å²) < 4.78 is 4.67. The second-order valence-electron chi connectivity index (χ2n) is 7.74. The number of nitrogens with one attached hydrogen (secondary N) is 3. The number of hydrogen-bond donors (Lipinski definition) is 3. The highest BCUT2D eigenvalue weighted by Gasteiger charge is 2.26. The normalized spacial score (nSPS) is 10.4. The van der Waals surface area contributed by atoms with Crippen molar-refractivity contribution >= 4 is 34.9 Å². The number of anilines is 3. The van der Waals surface area contributed by atoms with Crippen LogP contribution in [-0.2, 0) is 9.53 Å². The van der Waals surface area contributed by atoms with E-state index in [0.29, 0.717) is 11.3 Å². The number of nitro groups is 1. The van der Waals surface area contributed by atoms with Gasteiger partial charge in [-0.2, -0.15) is 0 Å². The molecule has 11 heteroatoms. The van der Waals surface area contributed by atoms with Crippen LogP contribution in [0.5, 0.6) is 0 Å². The first-order valence-electron chi connectivity index (χ1n) is 11.1. The third-order valence-corrected chi connectivity index (χ3v) is 5.41. The van der Waals surface area contributed by atoms with E-state index in [1.165, 1.54) is 19.2 Å². The van der Waals surface area contributed by atoms with Crippen molar-refractivity contribution in [1.82, 2.24) is 15.4 Å². The predicted octanol–water partition coefficient (Wildman–Crippen LogP) is 4.19. The molecule has 0 bridgehead atoms. The number of esters is 1. The third-order valence-electron chi connectivity index (χ3n) is 5.41. The first kappa shape index (κ1) is 24.8. The Labute approximate surface area is 211 Å². The van der Waals surface area contributed by atoms with Gasteiger partial charge < -0.3 is 10.1 Å². The molecule has 4 rings (SSSR count). The molecule has 0 aliphatic rings. The van der Waals surface area contributed by atoms with Crippen molar-refractivity contribution in [3.05, 3.63) is 118 Å². The molecule has 3 N–H and O–H groups in total. The highest BCUT2D eigenvalue weighted by molar-refractivity contribution is 5.90. The molecule has 4 aromatic rings. The van der Waals surface area contributed by atoms with Crippen LogP contribution in [0.25, 0.3) is 0 Å². The van der Waals surface area contributed by atoms with Crippen molar-refractivity contribution in [3.8, 4) is 0 Å². The summed E-state index contributed by atoms with van der Waals surface area (Å²) in [6, 6.07) is 24.5. The summed E-state index contributed by atoms with van der Waals surface area (Å²) in [7, 11) is 1.27. The van der Waals surface area contributed by atoms with Crippen LogP contribution in [0.2, 0.25) is 0 Å². The topological polar surface area (TPSA) is 148 Å². The highest BCUT2D eigenvalue weighted by Crippen LogP contribution is 2.31. The number of hydrogen-bond acceptors (Lipinski definition) is 9. The van der Waals surface area contributed by atoms with Gasteiger partial charge in [0, 0.05) is 5.69 Å². The van der Waals surface area contributed by atoms with Gasteiger partial charge in [0.05, 0.1) is 23.5 Å². The minimum absolute atomic E-state index is 0.106. The Kier molecular flexibility index (Phi) is 7.64. The van der Waals surface area contributed by atoms with E-state index < -0.39 is 28.4 Å². The van der Waals surface area contributed by atoms with Gasteiger partial charge >= 0.3 is 11.7 Å². The van der Waals surface area contributed by atoms with E-state index in [-0.39, 0.29) is 11.6 Å². The van der Waals surface area contributed by atoms with Gasteiger partial charge in [0.15, 0.2) is 0 Å². The number of rotatable bonds is 9. The summed E-state index contributed by atoms with van der Waals surface area (Å²) in [5.41, 5.74) is 6.92. The molecule has 0 spiro atoms. The first-order chi connectivity index (χ1) is 18.0. The van der Waals surface area contributed by atoms with Crippen LogP contribution in [0.4, 0.5) is 23.0 Å². The molecular weight excluding hydrogens is 476 g/mol. The van der Waals surface area contributed by atoms with E-state index in [1.54, 1.807) is 12.1 Å². The summed E-state index contributed by atoms with van der Waals surface area (Å²) in [4.78, 5) is 44.1. The van der Waals surface area contributed by atoms with Crippen molar-refractivity contribution in [2.75, 3.05) is 17.9 Å². The molecule has 0 fully saturated rings. The Hall–Kier alpha value is -5.32. The zero-order valence-corrected chi connectivity index (χ0v) is 19.6. The summed E-state index contributed by atoms with van der Waals surface area (Å²) in [6.07, 6.45) is 1.12. The SMILES string of the molecule is COC(=O)c1ccc(Nc2ncnc(NNC(=O)C(c3ccccc3)c3ccccc3)c2[N+](=O)[O-])cc1. The van der Waals surface area contributed by atoms with Crippen LogP contribution < -0.4 is 16.2 Å². The first-order valence-corrected chi connectivity index (χ1v) is 11.1. The molecule has 0 aliphatic heterocycles. The van der Waals surface area contributed by atoms with E-state index in [0.717, 1.165) is 17.5 Å². The summed E-state index contributed by atoms with van der Waals surface area (Å²) in [5, 5.41) is 14.8. The van der Waals surface area contributed by atoms with Crippen LogP contribution in [0, 0.1) is 10.1 Å². The minimum Gasteiger partial charge on any atom is -0.465 e. The monoisotopic (exact) mass is 498 g/mol. The largest absolute Gasteiger partial charge is 0.465 e. The molecule has 1 amide bonds. The highest BCUT2D eigenvalue weighted by atomic mass is 16.6. The molecule has 1 heterocycles. The van der Waals surface area contributed by atoms with Crippen molar-refractivity contribution in [2.45, 2.75) is 5.92 Å². The number of aromatic nitrogens is 2. The van der Waals surface area contributed by atoms with Crippen LogP contribution in [-0.4, -0.2) is 33.9 Å². The molecule has 11 nitrogen and oxygen atoms in total. The number of ether oxygens (including phenoxy) is 1. The van der Waals surface area contributed by atoms with Crippen LogP contribution in [0.3, 0.4) is 0 Å². The summed E-state index contributed by atoms with van der Waals surface area (Å²) in [5.74, 6) is -1.92. The van der Waals surface area contributed by atoms with Crippen molar-refractivity contribution in [3.63, 3.8) is 0 Å². The molecule has 0 saturated carbocycles. The van der Waals surface area contributed by atoms with E-state index in [4.69, 9.17) is 0 Å². The van der Waals surface area contributed by atoms with Gasteiger partial charge in [0.25, 0.3) is 0 Å². The predicted molar refractivity (Wildman–Crippen MR) is 136 cm³/mol. The van der Waals surface area contributed by atoms with Gasteiger partial charge in [0.2, 0.25) is 17.5 Å². The van der Waals surface area contributed by atoms with Gasteiger partial charge in [-0.15, -0.1) is 0 Å². The number of methoxy groups -OCH3 is 1. The second kappa shape index (κ2) is 11.4. The molecule has 1 aromatic heterocycles. The fourth-order valence-electron chi connectivity index (χ4n) is 3.66. The average molecular weight is 498 g/mol. The number of carbonyl (C=O) groups is 2. The van der Waals surface area contributed by atoms with Crippen molar-refractivity contribution in [2.24, 2.45) is 0 Å². The van der Waals surface area contributed by atoms with Gasteiger partial charge in [-0.3, -0.25) is 25.8 Å². The van der Waals surface area contributed by atoms with Crippen LogP contribution in [0.15, 0.2) is 91.3 Å². The van der Waals surface area contributed by atoms with Crippen molar-refractivity contribution < 1.29 is 19.2 Å². The smallest absolute Gasteiger partial charge is 0.355 e. The maximum atomic E-state index is 13.2. The van der Waals surface area contributed by atoms with Gasteiger partial charge in [-0.25, -0.2) is 14.8 Å². The second-order valence-corrected chi connectivity index (χ2v) is 7.74.